The van der Waals surface area contributed by atoms with E-state index in [1.54, 1.807) is 42.5 Å². The molecule has 146 valence electrons. The van der Waals surface area contributed by atoms with Crippen LogP contribution in [-0.4, -0.2) is 27.7 Å². The van der Waals surface area contributed by atoms with Crippen LogP contribution in [0.2, 0.25) is 0 Å². The molecule has 9 heteroatoms. The number of hydrazine groups is 1. The number of carbonyl (C=O) groups is 3. The molecule has 0 aliphatic carbocycles. The first kappa shape index (κ1) is 18.3. The van der Waals surface area contributed by atoms with Gasteiger partial charge in [0.1, 0.15) is 5.69 Å². The second-order valence-corrected chi connectivity index (χ2v) is 6.55. The Hall–Kier alpha value is -4.11. The van der Waals surface area contributed by atoms with E-state index >= 15 is 0 Å². The minimum absolute atomic E-state index is 0.0578. The van der Waals surface area contributed by atoms with Crippen LogP contribution in [-0.2, 0) is 0 Å². The Bertz CT molecular complexity index is 1270. The number of H-pyrrole nitrogens is 2. The first-order chi connectivity index (χ1) is 13.9. The van der Waals surface area contributed by atoms with Crippen LogP contribution in [0, 0.1) is 0 Å². The van der Waals surface area contributed by atoms with E-state index in [-0.39, 0.29) is 11.7 Å². The SMILES string of the molecule is CC(=O)c1cc2cc(NC(=O)c3cc4cccc(NC(=O)NN)c4[nH]3)ccc2[nH]1. The number of rotatable bonds is 4. The zero-order chi connectivity index (χ0) is 20.5. The van der Waals surface area contributed by atoms with Crippen molar-refractivity contribution < 1.29 is 14.4 Å². The number of nitrogens with two attached hydrogens (primary N) is 1. The van der Waals surface area contributed by atoms with Gasteiger partial charge in [0, 0.05) is 28.9 Å². The number of hydrogen-bond donors (Lipinski definition) is 6. The van der Waals surface area contributed by atoms with Gasteiger partial charge in [-0.2, -0.15) is 0 Å². The fraction of sp³-hybridized carbons (Fsp3) is 0.0500. The first-order valence-electron chi connectivity index (χ1n) is 8.79. The van der Waals surface area contributed by atoms with Gasteiger partial charge in [-0.15, -0.1) is 0 Å². The van der Waals surface area contributed by atoms with Crippen molar-refractivity contribution in [2.45, 2.75) is 6.92 Å². The van der Waals surface area contributed by atoms with Gasteiger partial charge in [0.05, 0.1) is 16.9 Å². The molecule has 0 aliphatic rings. The molecule has 3 amide bonds. The monoisotopic (exact) mass is 390 g/mol. The van der Waals surface area contributed by atoms with Crippen molar-refractivity contribution in [3.05, 3.63) is 59.9 Å². The van der Waals surface area contributed by atoms with Gasteiger partial charge >= 0.3 is 6.03 Å². The summed E-state index contributed by atoms with van der Waals surface area (Å²) in [6.45, 7) is 1.49. The highest BCUT2D eigenvalue weighted by Crippen LogP contribution is 2.25. The maximum absolute atomic E-state index is 12.7. The van der Waals surface area contributed by atoms with Crippen molar-refractivity contribution in [1.82, 2.24) is 15.4 Å². The lowest BCUT2D eigenvalue weighted by atomic mass is 10.2. The van der Waals surface area contributed by atoms with Crippen LogP contribution in [0.3, 0.4) is 0 Å². The van der Waals surface area contributed by atoms with Gasteiger partial charge in [-0.1, -0.05) is 12.1 Å². The molecule has 0 saturated heterocycles. The highest BCUT2D eigenvalue weighted by atomic mass is 16.2. The summed E-state index contributed by atoms with van der Waals surface area (Å²) in [4.78, 5) is 41.8. The van der Waals surface area contributed by atoms with Gasteiger partial charge in [0.15, 0.2) is 5.78 Å². The van der Waals surface area contributed by atoms with E-state index in [4.69, 9.17) is 5.84 Å². The highest BCUT2D eigenvalue weighted by Gasteiger charge is 2.14. The van der Waals surface area contributed by atoms with Crippen LogP contribution in [0.4, 0.5) is 16.2 Å². The lowest BCUT2D eigenvalue weighted by Gasteiger charge is -2.05. The summed E-state index contributed by atoms with van der Waals surface area (Å²) >= 11 is 0. The molecular formula is C20H18N6O3. The van der Waals surface area contributed by atoms with E-state index in [9.17, 15) is 14.4 Å². The molecule has 0 bridgehead atoms. The molecule has 4 aromatic rings. The van der Waals surface area contributed by atoms with Crippen LogP contribution in [0.15, 0.2) is 48.5 Å². The Morgan fingerprint density at radius 1 is 0.897 bits per heavy atom. The van der Waals surface area contributed by atoms with Crippen molar-refractivity contribution >= 4 is 50.9 Å². The molecule has 0 unspecified atom stereocenters. The van der Waals surface area contributed by atoms with Crippen LogP contribution < -0.4 is 21.9 Å². The Kier molecular flexibility index (Phi) is 4.49. The third-order valence-electron chi connectivity index (χ3n) is 4.54. The molecule has 4 rings (SSSR count). The molecule has 9 nitrogen and oxygen atoms in total. The number of benzene rings is 2. The zero-order valence-electron chi connectivity index (χ0n) is 15.4. The molecule has 0 aliphatic heterocycles. The van der Waals surface area contributed by atoms with Gasteiger partial charge in [-0.05, 0) is 36.4 Å². The third kappa shape index (κ3) is 3.54. The van der Waals surface area contributed by atoms with Crippen molar-refractivity contribution in [3.8, 4) is 0 Å². The summed E-state index contributed by atoms with van der Waals surface area (Å²) in [5.41, 5.74) is 5.35. The van der Waals surface area contributed by atoms with Gasteiger partial charge in [-0.3, -0.25) is 15.0 Å². The van der Waals surface area contributed by atoms with Crippen LogP contribution in [0.1, 0.15) is 27.9 Å². The van der Waals surface area contributed by atoms with E-state index < -0.39 is 6.03 Å². The minimum atomic E-state index is -0.567. The van der Waals surface area contributed by atoms with E-state index in [2.05, 4.69) is 20.6 Å². The molecule has 0 fully saturated rings. The lowest BCUT2D eigenvalue weighted by Crippen LogP contribution is -2.34. The number of amides is 3. The summed E-state index contributed by atoms with van der Waals surface area (Å²) in [6, 6.07) is 13.5. The Balaban J connectivity index is 1.60. The van der Waals surface area contributed by atoms with E-state index in [1.807, 2.05) is 11.5 Å². The number of urea groups is 1. The molecule has 29 heavy (non-hydrogen) atoms. The molecule has 7 N–H and O–H groups in total. The Morgan fingerprint density at radius 3 is 2.45 bits per heavy atom. The largest absolute Gasteiger partial charge is 0.352 e. The number of nitrogens with one attached hydrogen (secondary N) is 5. The predicted octanol–water partition coefficient (Wildman–Crippen LogP) is 3.10. The zero-order valence-corrected chi connectivity index (χ0v) is 15.4. The molecule has 0 atom stereocenters. The van der Waals surface area contributed by atoms with E-state index in [0.29, 0.717) is 28.3 Å². The van der Waals surface area contributed by atoms with Gasteiger partial charge in [0.25, 0.3) is 5.91 Å². The number of aromatic amines is 2. The number of aromatic nitrogens is 2. The maximum Gasteiger partial charge on any atom is 0.333 e. The first-order valence-corrected chi connectivity index (χ1v) is 8.79. The summed E-state index contributed by atoms with van der Waals surface area (Å²) < 4.78 is 0. The number of ketones is 1. The van der Waals surface area contributed by atoms with E-state index in [1.165, 1.54) is 6.92 Å². The molecule has 2 heterocycles. The molecule has 2 aromatic heterocycles. The molecule has 0 saturated carbocycles. The number of para-hydroxylation sites is 1. The lowest BCUT2D eigenvalue weighted by molar-refractivity contribution is 0.100. The number of hydrogen-bond acceptors (Lipinski definition) is 4. The fourth-order valence-corrected chi connectivity index (χ4v) is 3.14. The van der Waals surface area contributed by atoms with Crippen molar-refractivity contribution in [2.24, 2.45) is 5.84 Å². The average Bonchev–Trinajstić information content (AvgIpc) is 3.32. The molecule has 0 radical (unpaired) electrons. The Labute approximate surface area is 164 Å². The highest BCUT2D eigenvalue weighted by molar-refractivity contribution is 6.09. The van der Waals surface area contributed by atoms with Crippen molar-refractivity contribution in [3.63, 3.8) is 0 Å². The third-order valence-corrected chi connectivity index (χ3v) is 4.54. The normalized spacial score (nSPS) is 10.8. The maximum atomic E-state index is 12.7. The summed E-state index contributed by atoms with van der Waals surface area (Å²) in [5.74, 6) is 4.71. The molecular weight excluding hydrogens is 372 g/mol. The van der Waals surface area contributed by atoms with E-state index in [0.717, 1.165) is 16.3 Å². The summed E-state index contributed by atoms with van der Waals surface area (Å²) in [6.07, 6.45) is 0. The number of carbonyl (C=O) groups excluding carboxylic acids is 3. The van der Waals surface area contributed by atoms with Crippen molar-refractivity contribution in [2.75, 3.05) is 10.6 Å². The van der Waals surface area contributed by atoms with Crippen molar-refractivity contribution in [1.29, 1.82) is 0 Å². The second-order valence-electron chi connectivity index (χ2n) is 6.55. The van der Waals surface area contributed by atoms with Gasteiger partial charge in [0.2, 0.25) is 0 Å². The summed E-state index contributed by atoms with van der Waals surface area (Å²) in [5, 5.41) is 7.02. The molecule has 0 spiro atoms. The summed E-state index contributed by atoms with van der Waals surface area (Å²) in [7, 11) is 0. The standard InChI is InChI=1S/C20H18N6O3/c1-10(27)16-9-12-7-13(5-6-14(12)23-16)22-19(28)17-8-11-3-2-4-15(18(11)24-17)25-20(29)26-21/h2-9,23-24H,21H2,1H3,(H,22,28)(H2,25,26,29). The predicted molar refractivity (Wildman–Crippen MR) is 111 cm³/mol. The smallest absolute Gasteiger partial charge is 0.333 e. The molecule has 2 aromatic carbocycles. The van der Waals surface area contributed by atoms with Gasteiger partial charge < -0.3 is 20.6 Å². The van der Waals surface area contributed by atoms with Crippen LogP contribution in [0.5, 0.6) is 0 Å². The fourth-order valence-electron chi connectivity index (χ4n) is 3.14. The number of anilines is 2. The average molecular weight is 390 g/mol. The van der Waals surface area contributed by atoms with Crippen LogP contribution >= 0.6 is 0 Å². The Morgan fingerprint density at radius 2 is 1.69 bits per heavy atom. The van der Waals surface area contributed by atoms with Gasteiger partial charge in [-0.25, -0.2) is 10.6 Å². The quantitative estimate of drug-likeness (QED) is 0.138. The number of fused-ring (bicyclic) bond motifs is 2. The topological polar surface area (TPSA) is 145 Å². The second kappa shape index (κ2) is 7.13. The minimum Gasteiger partial charge on any atom is -0.352 e. The number of Topliss-reactive ketones (excluding diaryl/α,β-unsaturated/α-hetero) is 1. The van der Waals surface area contributed by atoms with Crippen LogP contribution in [0.25, 0.3) is 21.8 Å².